The molecule has 0 unspecified atom stereocenters. The Morgan fingerprint density at radius 3 is 2.41 bits per heavy atom. The summed E-state index contributed by atoms with van der Waals surface area (Å²) in [6, 6.07) is 14.7. The molecule has 4 nitrogen and oxygen atoms in total. The second-order valence-corrected chi connectivity index (χ2v) is 7.40. The van der Waals surface area contributed by atoms with E-state index >= 15 is 0 Å². The third-order valence-corrected chi connectivity index (χ3v) is 5.28. The number of hydrazone groups is 1. The molecular formula is C22H22N4S. The van der Waals surface area contributed by atoms with Crippen LogP contribution in [0, 0.1) is 32.1 Å². The van der Waals surface area contributed by atoms with Gasteiger partial charge in [0.25, 0.3) is 0 Å². The first-order valence-corrected chi connectivity index (χ1v) is 9.76. The Morgan fingerprint density at radius 2 is 1.81 bits per heavy atom. The van der Waals surface area contributed by atoms with E-state index in [-0.39, 0.29) is 5.71 Å². The molecule has 3 aromatic rings. The zero-order chi connectivity index (χ0) is 19.4. The molecule has 0 saturated heterocycles. The molecule has 27 heavy (non-hydrogen) atoms. The van der Waals surface area contributed by atoms with Crippen molar-refractivity contribution in [2.45, 2.75) is 34.1 Å². The highest BCUT2D eigenvalue weighted by atomic mass is 32.1. The van der Waals surface area contributed by atoms with Crippen molar-refractivity contribution in [1.82, 2.24) is 4.98 Å². The second kappa shape index (κ2) is 8.15. The van der Waals surface area contributed by atoms with Gasteiger partial charge in [0.05, 0.1) is 11.4 Å². The van der Waals surface area contributed by atoms with E-state index < -0.39 is 0 Å². The minimum atomic E-state index is 0.288. The molecule has 0 aliphatic rings. The largest absolute Gasteiger partial charge is 0.277 e. The van der Waals surface area contributed by atoms with Crippen LogP contribution in [0.5, 0.6) is 0 Å². The lowest BCUT2D eigenvalue weighted by atomic mass is 10.1. The molecule has 2 aromatic carbocycles. The van der Waals surface area contributed by atoms with Gasteiger partial charge in [0.2, 0.25) is 0 Å². The van der Waals surface area contributed by atoms with Crippen LogP contribution >= 0.6 is 11.3 Å². The van der Waals surface area contributed by atoms with E-state index in [1.807, 2.05) is 19.2 Å². The molecule has 0 saturated carbocycles. The van der Waals surface area contributed by atoms with Gasteiger partial charge in [0.1, 0.15) is 6.07 Å². The van der Waals surface area contributed by atoms with Crippen LogP contribution in [0.1, 0.15) is 34.2 Å². The van der Waals surface area contributed by atoms with Crippen LogP contribution in [-0.4, -0.2) is 10.7 Å². The van der Waals surface area contributed by atoms with Crippen LogP contribution in [0.15, 0.2) is 46.9 Å². The fourth-order valence-electron chi connectivity index (χ4n) is 3.02. The average Bonchev–Trinajstić information content (AvgIpc) is 3.14. The summed E-state index contributed by atoms with van der Waals surface area (Å²) in [4.78, 5) is 4.60. The number of aromatic nitrogens is 1. The first kappa shape index (κ1) is 18.8. The van der Waals surface area contributed by atoms with Gasteiger partial charge in [-0.3, -0.25) is 5.43 Å². The third kappa shape index (κ3) is 4.24. The first-order chi connectivity index (χ1) is 13.0. The lowest BCUT2D eigenvalue weighted by Crippen LogP contribution is -2.03. The molecular weight excluding hydrogens is 352 g/mol. The molecule has 0 amide bonds. The van der Waals surface area contributed by atoms with Crippen LogP contribution in [0.4, 0.5) is 5.69 Å². The summed E-state index contributed by atoms with van der Waals surface area (Å²) in [5, 5.41) is 16.4. The highest BCUT2D eigenvalue weighted by molar-refractivity contribution is 7.12. The summed E-state index contributed by atoms with van der Waals surface area (Å²) in [7, 11) is 0. The molecule has 0 spiro atoms. The van der Waals surface area contributed by atoms with Crippen molar-refractivity contribution >= 4 is 22.7 Å². The highest BCUT2D eigenvalue weighted by Crippen LogP contribution is 2.24. The Morgan fingerprint density at radius 1 is 1.15 bits per heavy atom. The van der Waals surface area contributed by atoms with Crippen molar-refractivity contribution in [1.29, 1.82) is 5.26 Å². The summed E-state index contributed by atoms with van der Waals surface area (Å²) < 4.78 is 0. The Bertz CT molecular complexity index is 1000. The van der Waals surface area contributed by atoms with Crippen molar-refractivity contribution < 1.29 is 0 Å². The lowest BCUT2D eigenvalue weighted by Gasteiger charge is -2.10. The van der Waals surface area contributed by atoms with E-state index in [0.717, 1.165) is 34.5 Å². The van der Waals surface area contributed by atoms with Gasteiger partial charge in [-0.25, -0.2) is 4.98 Å². The van der Waals surface area contributed by atoms with E-state index in [9.17, 15) is 5.26 Å². The van der Waals surface area contributed by atoms with Crippen LogP contribution in [0.25, 0.3) is 11.3 Å². The monoisotopic (exact) mass is 374 g/mol. The summed E-state index contributed by atoms with van der Waals surface area (Å²) in [5.74, 6) is 0. The molecule has 0 fully saturated rings. The number of nitriles is 1. The molecule has 136 valence electrons. The van der Waals surface area contributed by atoms with Gasteiger partial charge in [-0.1, -0.05) is 48.9 Å². The van der Waals surface area contributed by atoms with Gasteiger partial charge in [-0.05, 0) is 43.9 Å². The van der Waals surface area contributed by atoms with Gasteiger partial charge in [0.15, 0.2) is 10.7 Å². The Balaban J connectivity index is 1.85. The number of aryl methyl sites for hydroxylation is 4. The van der Waals surface area contributed by atoms with Crippen molar-refractivity contribution in [3.05, 3.63) is 69.0 Å². The number of hydrogen-bond donors (Lipinski definition) is 1. The lowest BCUT2D eigenvalue weighted by molar-refractivity contribution is 1.14. The van der Waals surface area contributed by atoms with Gasteiger partial charge in [-0.15, -0.1) is 11.3 Å². The summed E-state index contributed by atoms with van der Waals surface area (Å²) in [6.07, 6.45) is 1.01. The standard InChI is InChI=1S/C22H22N4S/c1-5-17-6-8-18(9-7-17)20-13-27-22(24-20)19(12-23)25-26-21-15(3)10-14(2)11-16(21)4/h6-11,13,26H,5H2,1-4H3/b25-19+. The number of benzene rings is 2. The number of rotatable bonds is 5. The fraction of sp³-hybridized carbons (Fsp3) is 0.227. The van der Waals surface area contributed by atoms with Crippen molar-refractivity contribution in [3.63, 3.8) is 0 Å². The van der Waals surface area contributed by atoms with Crippen molar-refractivity contribution in [2.75, 3.05) is 5.43 Å². The number of nitrogens with zero attached hydrogens (tertiary/aromatic N) is 3. The third-order valence-electron chi connectivity index (χ3n) is 4.43. The highest BCUT2D eigenvalue weighted by Gasteiger charge is 2.11. The fourth-order valence-corrected chi connectivity index (χ4v) is 3.78. The molecule has 1 heterocycles. The van der Waals surface area contributed by atoms with E-state index in [4.69, 9.17) is 0 Å². The number of thiazole rings is 1. The average molecular weight is 375 g/mol. The van der Waals surface area contributed by atoms with E-state index in [0.29, 0.717) is 5.01 Å². The van der Waals surface area contributed by atoms with Crippen molar-refractivity contribution in [3.8, 4) is 17.3 Å². The zero-order valence-electron chi connectivity index (χ0n) is 16.0. The van der Waals surface area contributed by atoms with Gasteiger partial charge >= 0.3 is 0 Å². The van der Waals surface area contributed by atoms with Crippen LogP contribution < -0.4 is 5.43 Å². The van der Waals surface area contributed by atoms with Gasteiger partial charge < -0.3 is 0 Å². The smallest absolute Gasteiger partial charge is 0.196 e. The molecule has 0 bridgehead atoms. The van der Waals surface area contributed by atoms with Crippen molar-refractivity contribution in [2.24, 2.45) is 5.10 Å². The number of anilines is 1. The zero-order valence-corrected chi connectivity index (χ0v) is 16.8. The van der Waals surface area contributed by atoms with Crippen LogP contribution in [0.3, 0.4) is 0 Å². The molecule has 5 heteroatoms. The topological polar surface area (TPSA) is 61.1 Å². The summed E-state index contributed by atoms with van der Waals surface area (Å²) in [5.41, 5.74) is 10.9. The predicted molar refractivity (Wildman–Crippen MR) is 113 cm³/mol. The molecule has 1 N–H and O–H groups in total. The normalized spacial score (nSPS) is 11.3. The Kier molecular flexibility index (Phi) is 5.68. The Hall–Kier alpha value is -2.97. The molecule has 1 aromatic heterocycles. The number of nitrogens with one attached hydrogen (secondary N) is 1. The van der Waals surface area contributed by atoms with E-state index in [2.05, 4.69) is 71.8 Å². The van der Waals surface area contributed by atoms with E-state index in [1.54, 1.807) is 0 Å². The predicted octanol–water partition coefficient (Wildman–Crippen LogP) is 5.64. The first-order valence-electron chi connectivity index (χ1n) is 8.88. The minimum Gasteiger partial charge on any atom is -0.277 e. The quantitative estimate of drug-likeness (QED) is 0.464. The SMILES string of the molecule is CCc1ccc(-c2csc(/C(C#N)=N/Nc3c(C)cc(C)cc3C)n2)cc1. The van der Waals surface area contributed by atoms with Crippen LogP contribution in [0.2, 0.25) is 0 Å². The maximum Gasteiger partial charge on any atom is 0.196 e. The molecule has 0 aliphatic heterocycles. The maximum atomic E-state index is 9.53. The van der Waals surface area contributed by atoms with Gasteiger partial charge in [0, 0.05) is 10.9 Å². The summed E-state index contributed by atoms with van der Waals surface area (Å²) in [6.45, 7) is 8.27. The second-order valence-electron chi connectivity index (χ2n) is 6.55. The van der Waals surface area contributed by atoms with Crippen LogP contribution in [-0.2, 0) is 6.42 Å². The molecule has 0 radical (unpaired) electrons. The molecule has 3 rings (SSSR count). The maximum absolute atomic E-state index is 9.53. The molecule has 0 aliphatic carbocycles. The Labute approximate surface area is 164 Å². The molecule has 0 atom stereocenters. The van der Waals surface area contributed by atoms with E-state index in [1.165, 1.54) is 22.5 Å². The van der Waals surface area contributed by atoms with Gasteiger partial charge in [-0.2, -0.15) is 10.4 Å². The summed E-state index contributed by atoms with van der Waals surface area (Å²) >= 11 is 1.43. The minimum absolute atomic E-state index is 0.288. The number of hydrogen-bond acceptors (Lipinski definition) is 5.